The van der Waals surface area contributed by atoms with E-state index in [1.165, 1.54) is 0 Å². The standard InChI is InChI=1S/C11H14ClNO3/c1-3-15-10-6-5-8(7-9(10)12)13-11(14)16-4-2/h5-7H,3-4H2,1-2H3,(H,13,14). The van der Waals surface area contributed by atoms with Crippen LogP contribution in [-0.4, -0.2) is 19.3 Å². The maximum atomic E-state index is 11.1. The molecule has 0 aromatic heterocycles. The molecule has 1 rings (SSSR count). The van der Waals surface area contributed by atoms with Crippen molar-refractivity contribution in [2.24, 2.45) is 0 Å². The first kappa shape index (κ1) is 12.6. The van der Waals surface area contributed by atoms with Crippen molar-refractivity contribution in [1.29, 1.82) is 0 Å². The van der Waals surface area contributed by atoms with Crippen LogP contribution < -0.4 is 10.1 Å². The summed E-state index contributed by atoms with van der Waals surface area (Å²) < 4.78 is 10.0. The highest BCUT2D eigenvalue weighted by atomic mass is 35.5. The molecule has 0 heterocycles. The van der Waals surface area contributed by atoms with Crippen LogP contribution in [0.1, 0.15) is 13.8 Å². The number of rotatable bonds is 4. The van der Waals surface area contributed by atoms with E-state index in [2.05, 4.69) is 5.32 Å². The lowest BCUT2D eigenvalue weighted by molar-refractivity contribution is 0.168. The topological polar surface area (TPSA) is 47.6 Å². The third kappa shape index (κ3) is 3.62. The van der Waals surface area contributed by atoms with Crippen LogP contribution in [0.2, 0.25) is 5.02 Å². The Bertz CT molecular complexity index is 368. The van der Waals surface area contributed by atoms with Gasteiger partial charge in [0.1, 0.15) is 5.75 Å². The first-order valence-corrected chi connectivity index (χ1v) is 5.41. The van der Waals surface area contributed by atoms with Gasteiger partial charge in [-0.3, -0.25) is 5.32 Å². The number of ether oxygens (including phenoxy) is 2. The summed E-state index contributed by atoms with van der Waals surface area (Å²) in [5.41, 5.74) is 0.576. The molecule has 0 saturated heterocycles. The van der Waals surface area contributed by atoms with Crippen LogP contribution in [0.5, 0.6) is 5.75 Å². The Morgan fingerprint density at radius 3 is 2.69 bits per heavy atom. The summed E-state index contributed by atoms with van der Waals surface area (Å²) in [7, 11) is 0. The quantitative estimate of drug-likeness (QED) is 0.883. The molecular formula is C11H14ClNO3. The minimum absolute atomic E-state index is 0.330. The molecule has 1 N–H and O–H groups in total. The molecule has 5 heteroatoms. The summed E-state index contributed by atoms with van der Waals surface area (Å²) in [5.74, 6) is 0.596. The highest BCUT2D eigenvalue weighted by Crippen LogP contribution is 2.27. The van der Waals surface area contributed by atoms with Crippen molar-refractivity contribution in [3.05, 3.63) is 23.2 Å². The van der Waals surface area contributed by atoms with Gasteiger partial charge in [0.05, 0.1) is 18.2 Å². The number of carbonyl (C=O) groups excluding carboxylic acids is 1. The molecule has 0 atom stereocenters. The molecule has 0 aliphatic rings. The van der Waals surface area contributed by atoms with Crippen LogP contribution in [0.3, 0.4) is 0 Å². The predicted molar refractivity (Wildman–Crippen MR) is 63.3 cm³/mol. The Kier molecular flexibility index (Phi) is 4.92. The van der Waals surface area contributed by atoms with Gasteiger partial charge in [-0.2, -0.15) is 0 Å². The van der Waals surface area contributed by atoms with Gasteiger partial charge in [0.15, 0.2) is 0 Å². The second-order valence-electron chi connectivity index (χ2n) is 2.92. The highest BCUT2D eigenvalue weighted by Gasteiger charge is 2.05. The molecule has 88 valence electrons. The molecule has 1 amide bonds. The van der Waals surface area contributed by atoms with Crippen molar-refractivity contribution in [2.75, 3.05) is 18.5 Å². The fraction of sp³-hybridized carbons (Fsp3) is 0.364. The largest absolute Gasteiger partial charge is 0.492 e. The molecule has 1 aromatic carbocycles. The van der Waals surface area contributed by atoms with Crippen LogP contribution in [0.15, 0.2) is 18.2 Å². The number of halogens is 1. The summed E-state index contributed by atoms with van der Waals surface area (Å²) in [5, 5.41) is 3.01. The third-order valence-corrected chi connectivity index (χ3v) is 2.05. The number of hydrogen-bond acceptors (Lipinski definition) is 3. The zero-order chi connectivity index (χ0) is 12.0. The molecule has 0 radical (unpaired) electrons. The molecule has 0 saturated carbocycles. The smallest absolute Gasteiger partial charge is 0.411 e. The molecule has 1 aromatic rings. The molecular weight excluding hydrogens is 230 g/mol. The Balaban J connectivity index is 2.69. The predicted octanol–water partition coefficient (Wildman–Crippen LogP) is 3.31. The summed E-state index contributed by atoms with van der Waals surface area (Å²) >= 11 is 5.95. The summed E-state index contributed by atoms with van der Waals surface area (Å²) in [6, 6.07) is 5.02. The molecule has 0 unspecified atom stereocenters. The Morgan fingerprint density at radius 1 is 1.38 bits per heavy atom. The minimum atomic E-state index is -0.497. The van der Waals surface area contributed by atoms with Crippen molar-refractivity contribution in [3.8, 4) is 5.75 Å². The molecule has 0 fully saturated rings. The Morgan fingerprint density at radius 2 is 2.12 bits per heavy atom. The van der Waals surface area contributed by atoms with Crippen LogP contribution in [0.4, 0.5) is 10.5 Å². The first-order chi connectivity index (χ1) is 7.67. The average Bonchev–Trinajstić information content (AvgIpc) is 2.22. The van der Waals surface area contributed by atoms with Gasteiger partial charge < -0.3 is 9.47 Å². The van der Waals surface area contributed by atoms with Gasteiger partial charge in [0.25, 0.3) is 0 Å². The summed E-state index contributed by atoms with van der Waals surface area (Å²) in [6.07, 6.45) is -0.497. The van der Waals surface area contributed by atoms with Gasteiger partial charge >= 0.3 is 6.09 Å². The average molecular weight is 244 g/mol. The van der Waals surface area contributed by atoms with E-state index in [0.717, 1.165) is 0 Å². The maximum absolute atomic E-state index is 11.1. The van der Waals surface area contributed by atoms with Gasteiger partial charge in [-0.05, 0) is 32.0 Å². The van der Waals surface area contributed by atoms with Gasteiger partial charge in [-0.25, -0.2) is 4.79 Å². The van der Waals surface area contributed by atoms with Crippen molar-refractivity contribution < 1.29 is 14.3 Å². The van der Waals surface area contributed by atoms with Gasteiger partial charge in [-0.1, -0.05) is 11.6 Å². The SMILES string of the molecule is CCOC(=O)Nc1ccc(OCC)c(Cl)c1. The lowest BCUT2D eigenvalue weighted by atomic mass is 10.3. The van der Waals surface area contributed by atoms with Gasteiger partial charge in [-0.15, -0.1) is 0 Å². The Hall–Kier alpha value is -1.42. The number of benzene rings is 1. The normalized spacial score (nSPS) is 9.69. The number of anilines is 1. The molecule has 0 bridgehead atoms. The zero-order valence-electron chi connectivity index (χ0n) is 9.25. The number of carbonyl (C=O) groups is 1. The van der Waals surface area contributed by atoms with Crippen molar-refractivity contribution in [2.45, 2.75) is 13.8 Å². The van der Waals surface area contributed by atoms with E-state index in [9.17, 15) is 4.79 Å². The second-order valence-corrected chi connectivity index (χ2v) is 3.33. The Labute approximate surface area is 99.5 Å². The molecule has 16 heavy (non-hydrogen) atoms. The van der Waals surface area contributed by atoms with Crippen molar-refractivity contribution in [1.82, 2.24) is 0 Å². The summed E-state index contributed by atoms with van der Waals surface area (Å²) in [6.45, 7) is 4.49. The first-order valence-electron chi connectivity index (χ1n) is 5.03. The van der Waals surface area contributed by atoms with Crippen molar-refractivity contribution in [3.63, 3.8) is 0 Å². The van der Waals surface area contributed by atoms with Crippen LogP contribution >= 0.6 is 11.6 Å². The minimum Gasteiger partial charge on any atom is -0.492 e. The van der Waals surface area contributed by atoms with Gasteiger partial charge in [0.2, 0.25) is 0 Å². The highest BCUT2D eigenvalue weighted by molar-refractivity contribution is 6.32. The zero-order valence-corrected chi connectivity index (χ0v) is 10.0. The third-order valence-electron chi connectivity index (χ3n) is 1.75. The maximum Gasteiger partial charge on any atom is 0.411 e. The van der Waals surface area contributed by atoms with Crippen LogP contribution in [-0.2, 0) is 4.74 Å². The van der Waals surface area contributed by atoms with E-state index in [-0.39, 0.29) is 0 Å². The van der Waals surface area contributed by atoms with Crippen molar-refractivity contribution >= 4 is 23.4 Å². The van der Waals surface area contributed by atoms with Gasteiger partial charge in [0, 0.05) is 5.69 Å². The number of hydrogen-bond donors (Lipinski definition) is 1. The fourth-order valence-corrected chi connectivity index (χ4v) is 1.37. The molecule has 4 nitrogen and oxygen atoms in total. The van der Waals surface area contributed by atoms with E-state index in [1.807, 2.05) is 6.92 Å². The van der Waals surface area contributed by atoms with Crippen LogP contribution in [0.25, 0.3) is 0 Å². The van der Waals surface area contributed by atoms with Crippen LogP contribution in [0, 0.1) is 0 Å². The molecule has 0 aliphatic heterocycles. The number of nitrogens with one attached hydrogen (secondary N) is 1. The van der Waals surface area contributed by atoms with E-state index in [4.69, 9.17) is 21.1 Å². The number of amides is 1. The lowest BCUT2D eigenvalue weighted by Crippen LogP contribution is -2.13. The van der Waals surface area contributed by atoms with E-state index in [0.29, 0.717) is 29.7 Å². The van der Waals surface area contributed by atoms with E-state index >= 15 is 0 Å². The molecule has 0 spiro atoms. The van der Waals surface area contributed by atoms with E-state index in [1.54, 1.807) is 25.1 Å². The monoisotopic (exact) mass is 243 g/mol. The second kappa shape index (κ2) is 6.23. The lowest BCUT2D eigenvalue weighted by Gasteiger charge is -2.08. The fourth-order valence-electron chi connectivity index (χ4n) is 1.14. The summed E-state index contributed by atoms with van der Waals surface area (Å²) in [4.78, 5) is 11.1. The molecule has 0 aliphatic carbocycles. The van der Waals surface area contributed by atoms with E-state index < -0.39 is 6.09 Å².